The molecule has 4 amide bonds. The van der Waals surface area contributed by atoms with E-state index in [-0.39, 0.29) is 5.75 Å². The number of para-hydroxylation sites is 1. The molecular weight excluding hydrogens is 425 g/mol. The van der Waals surface area contributed by atoms with E-state index in [4.69, 9.17) is 4.74 Å². The van der Waals surface area contributed by atoms with Gasteiger partial charge in [0.1, 0.15) is 11.8 Å². The Balaban J connectivity index is 1.64. The molecule has 0 N–H and O–H groups in total. The van der Waals surface area contributed by atoms with Crippen molar-refractivity contribution in [2.24, 2.45) is 0 Å². The van der Waals surface area contributed by atoms with Crippen molar-refractivity contribution in [3.05, 3.63) is 96.1 Å². The second-order valence-corrected chi connectivity index (χ2v) is 6.87. The molecule has 4 rings (SSSR count). The highest BCUT2D eigenvalue weighted by atomic mass is 19.4. The van der Waals surface area contributed by atoms with Crippen LogP contribution in [0.3, 0.4) is 0 Å². The van der Waals surface area contributed by atoms with E-state index in [0.717, 1.165) is 24.3 Å². The molecule has 0 radical (unpaired) electrons. The van der Waals surface area contributed by atoms with E-state index in [1.165, 1.54) is 4.90 Å². The quantitative estimate of drug-likeness (QED) is 0.511. The van der Waals surface area contributed by atoms with Crippen molar-refractivity contribution in [3.63, 3.8) is 0 Å². The Hall–Kier alpha value is -4.14. The zero-order chi connectivity index (χ0) is 22.9. The predicted octanol–water partition coefficient (Wildman–Crippen LogP) is 5.41. The third-order valence-electron chi connectivity index (χ3n) is 4.83. The first kappa shape index (κ1) is 21.1. The van der Waals surface area contributed by atoms with Crippen molar-refractivity contribution >= 4 is 23.7 Å². The van der Waals surface area contributed by atoms with Crippen molar-refractivity contribution in [2.45, 2.75) is 12.2 Å². The Morgan fingerprint density at radius 2 is 1.38 bits per heavy atom. The van der Waals surface area contributed by atoms with E-state index in [2.05, 4.69) is 0 Å². The number of halogens is 3. The van der Waals surface area contributed by atoms with Crippen molar-refractivity contribution in [1.82, 2.24) is 4.90 Å². The smallest absolute Gasteiger partial charge is 0.410 e. The normalized spacial score (nSPS) is 16.4. The molecule has 32 heavy (non-hydrogen) atoms. The molecule has 0 aromatic heterocycles. The highest BCUT2D eigenvalue weighted by Gasteiger charge is 2.50. The molecule has 3 aromatic carbocycles. The van der Waals surface area contributed by atoms with Gasteiger partial charge in [0, 0.05) is 5.69 Å². The van der Waals surface area contributed by atoms with Gasteiger partial charge in [-0.1, -0.05) is 48.5 Å². The van der Waals surface area contributed by atoms with Gasteiger partial charge in [0.15, 0.2) is 0 Å². The van der Waals surface area contributed by atoms with Gasteiger partial charge in [-0.15, -0.1) is 0 Å². The summed E-state index contributed by atoms with van der Waals surface area (Å²) in [7, 11) is 0. The monoisotopic (exact) mass is 440 g/mol. The van der Waals surface area contributed by atoms with Crippen molar-refractivity contribution in [1.29, 1.82) is 0 Å². The first-order valence-electron chi connectivity index (χ1n) is 9.43. The SMILES string of the molecule is O=C(Oc1ccc(C(F)(F)F)cc1)N1C(=O)C(c2ccccc2)N(c2ccccc2)C1=O. The maximum Gasteiger partial charge on any atom is 0.430 e. The van der Waals surface area contributed by atoms with Gasteiger partial charge in [-0.3, -0.25) is 9.69 Å². The number of hydrogen-bond donors (Lipinski definition) is 0. The van der Waals surface area contributed by atoms with Crippen LogP contribution >= 0.6 is 0 Å². The average Bonchev–Trinajstić information content (AvgIpc) is 3.04. The minimum Gasteiger partial charge on any atom is -0.410 e. The number of alkyl halides is 3. The largest absolute Gasteiger partial charge is 0.430 e. The summed E-state index contributed by atoms with van der Waals surface area (Å²) >= 11 is 0. The highest BCUT2D eigenvalue weighted by Crippen LogP contribution is 2.36. The number of imide groups is 3. The molecule has 0 aliphatic carbocycles. The van der Waals surface area contributed by atoms with Gasteiger partial charge in [0.05, 0.1) is 5.56 Å². The zero-order valence-corrected chi connectivity index (χ0v) is 16.3. The number of anilines is 1. The summed E-state index contributed by atoms with van der Waals surface area (Å²) in [5.74, 6) is -1.07. The van der Waals surface area contributed by atoms with Gasteiger partial charge in [-0.25, -0.2) is 9.59 Å². The Bertz CT molecular complexity index is 1090. The molecule has 1 saturated heterocycles. The van der Waals surface area contributed by atoms with Gasteiger partial charge < -0.3 is 4.74 Å². The molecular formula is C23H15F3N2O4. The summed E-state index contributed by atoms with van der Waals surface area (Å²) in [5.41, 5.74) is -0.0471. The van der Waals surface area contributed by atoms with Gasteiger partial charge in [-0.2, -0.15) is 18.1 Å². The number of rotatable bonds is 3. The number of nitrogens with zero attached hydrogens (tertiary/aromatic N) is 2. The lowest BCUT2D eigenvalue weighted by Gasteiger charge is -2.21. The Morgan fingerprint density at radius 3 is 1.94 bits per heavy atom. The minimum absolute atomic E-state index is 0.238. The van der Waals surface area contributed by atoms with Crippen LogP contribution in [0.15, 0.2) is 84.9 Å². The fourth-order valence-electron chi connectivity index (χ4n) is 3.35. The fraction of sp³-hybridized carbons (Fsp3) is 0.0870. The molecule has 1 unspecified atom stereocenters. The standard InChI is InChI=1S/C23H15F3N2O4/c24-23(25,26)16-11-13-18(14-12-16)32-22(31)28-20(29)19(15-7-3-1-4-8-15)27(21(28)30)17-9-5-2-6-10-17/h1-14,19H. The summed E-state index contributed by atoms with van der Waals surface area (Å²) < 4.78 is 43.2. The first-order valence-corrected chi connectivity index (χ1v) is 9.43. The van der Waals surface area contributed by atoms with Crippen molar-refractivity contribution < 1.29 is 32.3 Å². The van der Waals surface area contributed by atoms with Crippen LogP contribution in [0.2, 0.25) is 0 Å². The first-order chi connectivity index (χ1) is 15.3. The predicted molar refractivity (Wildman–Crippen MR) is 108 cm³/mol. The number of hydrogen-bond acceptors (Lipinski definition) is 4. The van der Waals surface area contributed by atoms with Crippen LogP contribution < -0.4 is 9.64 Å². The van der Waals surface area contributed by atoms with E-state index in [9.17, 15) is 27.6 Å². The van der Waals surface area contributed by atoms with Crippen LogP contribution in [0.25, 0.3) is 0 Å². The van der Waals surface area contributed by atoms with Crippen molar-refractivity contribution in [3.8, 4) is 5.75 Å². The summed E-state index contributed by atoms with van der Waals surface area (Å²) in [4.78, 5) is 40.4. The fourth-order valence-corrected chi connectivity index (χ4v) is 3.35. The number of carbonyl (C=O) groups is 3. The number of ether oxygens (including phenoxy) is 1. The number of benzene rings is 3. The third kappa shape index (κ3) is 3.92. The lowest BCUT2D eigenvalue weighted by atomic mass is 10.1. The molecule has 1 atom stereocenters. The van der Waals surface area contributed by atoms with Gasteiger partial charge in [0.2, 0.25) is 0 Å². The molecule has 1 fully saturated rings. The summed E-state index contributed by atoms with van der Waals surface area (Å²) in [5, 5.41) is 0. The van der Waals surface area contributed by atoms with Crippen LogP contribution in [0.5, 0.6) is 5.75 Å². The summed E-state index contributed by atoms with van der Waals surface area (Å²) in [6, 6.07) is 18.1. The third-order valence-corrected chi connectivity index (χ3v) is 4.83. The molecule has 6 nitrogen and oxygen atoms in total. The van der Waals surface area contributed by atoms with Crippen LogP contribution in [0.1, 0.15) is 17.2 Å². The second-order valence-electron chi connectivity index (χ2n) is 6.87. The van der Waals surface area contributed by atoms with Gasteiger partial charge in [-0.05, 0) is 42.0 Å². The number of carbonyl (C=O) groups excluding carboxylic acids is 3. The highest BCUT2D eigenvalue weighted by molar-refractivity contribution is 6.22. The van der Waals surface area contributed by atoms with Gasteiger partial charge >= 0.3 is 18.3 Å². The number of amides is 4. The second kappa shape index (κ2) is 8.18. The molecule has 9 heteroatoms. The van der Waals surface area contributed by atoms with Crippen molar-refractivity contribution in [2.75, 3.05) is 4.90 Å². The summed E-state index contributed by atoms with van der Waals surface area (Å²) in [6.07, 6.45) is -5.86. The van der Waals surface area contributed by atoms with Crippen LogP contribution in [-0.4, -0.2) is 22.9 Å². The lowest BCUT2D eigenvalue weighted by Crippen LogP contribution is -2.40. The van der Waals surface area contributed by atoms with Crippen LogP contribution in [0, 0.1) is 0 Å². The van der Waals surface area contributed by atoms with Crippen LogP contribution in [0.4, 0.5) is 28.4 Å². The minimum atomic E-state index is -4.55. The molecule has 0 spiro atoms. The molecule has 1 heterocycles. The molecule has 162 valence electrons. The molecule has 1 aliphatic heterocycles. The zero-order valence-electron chi connectivity index (χ0n) is 16.3. The maximum absolute atomic E-state index is 13.1. The van der Waals surface area contributed by atoms with E-state index in [1.54, 1.807) is 60.7 Å². The average molecular weight is 440 g/mol. The maximum atomic E-state index is 13.1. The van der Waals surface area contributed by atoms with Crippen LogP contribution in [-0.2, 0) is 11.0 Å². The Kier molecular flexibility index (Phi) is 5.40. The van der Waals surface area contributed by atoms with E-state index in [0.29, 0.717) is 16.2 Å². The topological polar surface area (TPSA) is 66.9 Å². The molecule has 1 aliphatic rings. The molecule has 0 saturated carbocycles. The van der Waals surface area contributed by atoms with E-state index >= 15 is 0 Å². The Labute approximate surface area is 180 Å². The summed E-state index contributed by atoms with van der Waals surface area (Å²) in [6.45, 7) is 0. The van der Waals surface area contributed by atoms with Gasteiger partial charge in [0.25, 0.3) is 5.91 Å². The molecule has 0 bridgehead atoms. The Morgan fingerprint density at radius 1 is 0.812 bits per heavy atom. The van der Waals surface area contributed by atoms with E-state index in [1.807, 2.05) is 0 Å². The number of urea groups is 1. The lowest BCUT2D eigenvalue weighted by molar-refractivity contribution is -0.137. The molecule has 3 aromatic rings. The van der Waals surface area contributed by atoms with E-state index < -0.39 is 35.8 Å².